The van der Waals surface area contributed by atoms with Crippen LogP contribution < -0.4 is 5.32 Å². The van der Waals surface area contributed by atoms with Gasteiger partial charge < -0.3 is 5.32 Å². The Kier molecular flexibility index (Phi) is 5.04. The minimum absolute atomic E-state index is 0.0235. The summed E-state index contributed by atoms with van der Waals surface area (Å²) in [5.74, 6) is 0. The molecular formula is C12H15BrCl2N2O2S. The lowest BCUT2D eigenvalue weighted by Gasteiger charge is -2.38. The van der Waals surface area contributed by atoms with E-state index in [0.717, 1.165) is 0 Å². The quantitative estimate of drug-likeness (QED) is 0.828. The molecule has 0 radical (unpaired) electrons. The van der Waals surface area contributed by atoms with Gasteiger partial charge in [0, 0.05) is 29.6 Å². The van der Waals surface area contributed by atoms with Crippen molar-refractivity contribution in [3.8, 4) is 0 Å². The molecule has 0 amide bonds. The van der Waals surface area contributed by atoms with Gasteiger partial charge in [0.15, 0.2) is 0 Å². The van der Waals surface area contributed by atoms with E-state index in [1.807, 2.05) is 13.8 Å². The van der Waals surface area contributed by atoms with Crippen molar-refractivity contribution in [2.24, 2.45) is 0 Å². The van der Waals surface area contributed by atoms with E-state index in [1.165, 1.54) is 16.4 Å². The standard InChI is InChI=1S/C12H15BrCl2N2O2S/c1-7-5-16-6-8(2)17(7)20(18,19)12-10(14)3-9(13)4-11(12)15/h3-4,7-8,16H,5-6H2,1-2H3. The summed E-state index contributed by atoms with van der Waals surface area (Å²) in [6, 6.07) is 2.77. The molecule has 0 saturated carbocycles. The first-order valence-corrected chi connectivity index (χ1v) is 9.13. The average Bonchev–Trinajstić information content (AvgIpc) is 2.25. The van der Waals surface area contributed by atoms with Gasteiger partial charge in [-0.25, -0.2) is 8.42 Å². The largest absolute Gasteiger partial charge is 0.314 e. The fourth-order valence-corrected chi connectivity index (χ4v) is 6.18. The lowest BCUT2D eigenvalue weighted by molar-refractivity contribution is 0.220. The Morgan fingerprint density at radius 1 is 1.20 bits per heavy atom. The van der Waals surface area contributed by atoms with Gasteiger partial charge in [-0.15, -0.1) is 0 Å². The number of nitrogens with one attached hydrogen (secondary N) is 1. The van der Waals surface area contributed by atoms with E-state index in [2.05, 4.69) is 21.2 Å². The molecule has 2 unspecified atom stereocenters. The van der Waals surface area contributed by atoms with Gasteiger partial charge in [0.05, 0.1) is 10.0 Å². The number of piperazine rings is 1. The predicted molar refractivity (Wildman–Crippen MR) is 85.0 cm³/mol. The Bertz CT molecular complexity index is 591. The van der Waals surface area contributed by atoms with Crippen LogP contribution in [0.25, 0.3) is 0 Å². The zero-order chi connectivity index (χ0) is 15.1. The Morgan fingerprint density at radius 3 is 2.10 bits per heavy atom. The molecule has 20 heavy (non-hydrogen) atoms. The molecule has 0 aromatic heterocycles. The van der Waals surface area contributed by atoms with Crippen molar-refractivity contribution >= 4 is 49.2 Å². The van der Waals surface area contributed by atoms with Crippen LogP contribution in [0.15, 0.2) is 21.5 Å². The molecule has 4 nitrogen and oxygen atoms in total. The van der Waals surface area contributed by atoms with Crippen molar-refractivity contribution in [3.63, 3.8) is 0 Å². The lowest BCUT2D eigenvalue weighted by atomic mass is 10.2. The van der Waals surface area contributed by atoms with Crippen LogP contribution >= 0.6 is 39.1 Å². The van der Waals surface area contributed by atoms with Gasteiger partial charge >= 0.3 is 0 Å². The molecule has 1 aliphatic heterocycles. The maximum atomic E-state index is 12.9. The van der Waals surface area contributed by atoms with Crippen LogP contribution in [-0.2, 0) is 10.0 Å². The van der Waals surface area contributed by atoms with E-state index >= 15 is 0 Å². The molecule has 2 rings (SSSR count). The third-order valence-electron chi connectivity index (χ3n) is 3.25. The summed E-state index contributed by atoms with van der Waals surface area (Å²) in [6.45, 7) is 4.94. The smallest absolute Gasteiger partial charge is 0.246 e. The minimum atomic E-state index is -3.73. The summed E-state index contributed by atoms with van der Waals surface area (Å²) in [5.41, 5.74) is 0. The first-order valence-electron chi connectivity index (χ1n) is 6.14. The second kappa shape index (κ2) is 6.10. The van der Waals surface area contributed by atoms with E-state index in [-0.39, 0.29) is 27.0 Å². The highest BCUT2D eigenvalue weighted by Gasteiger charge is 2.38. The molecule has 0 bridgehead atoms. The molecule has 1 saturated heterocycles. The number of rotatable bonds is 2. The molecular weight excluding hydrogens is 387 g/mol. The third-order valence-corrected chi connectivity index (χ3v) is 6.76. The fourth-order valence-electron chi connectivity index (χ4n) is 2.47. The maximum absolute atomic E-state index is 12.9. The van der Waals surface area contributed by atoms with Crippen molar-refractivity contribution in [1.82, 2.24) is 9.62 Å². The number of halogens is 3. The van der Waals surface area contributed by atoms with Crippen molar-refractivity contribution in [2.75, 3.05) is 13.1 Å². The van der Waals surface area contributed by atoms with Gasteiger partial charge in [-0.1, -0.05) is 39.1 Å². The molecule has 1 aliphatic rings. The average molecular weight is 402 g/mol. The van der Waals surface area contributed by atoms with Gasteiger partial charge in [0.25, 0.3) is 0 Å². The molecule has 2 atom stereocenters. The highest BCUT2D eigenvalue weighted by Crippen LogP contribution is 2.36. The Labute approximate surface area is 137 Å². The van der Waals surface area contributed by atoms with Gasteiger partial charge in [0.1, 0.15) is 4.90 Å². The first-order chi connectivity index (χ1) is 9.25. The highest BCUT2D eigenvalue weighted by atomic mass is 79.9. The summed E-state index contributed by atoms with van der Waals surface area (Å²) < 4.78 is 27.9. The third kappa shape index (κ3) is 3.00. The van der Waals surface area contributed by atoms with Crippen LogP contribution in [0.1, 0.15) is 13.8 Å². The monoisotopic (exact) mass is 400 g/mol. The number of hydrogen-bond acceptors (Lipinski definition) is 3. The Balaban J connectivity index is 2.55. The second-order valence-electron chi connectivity index (χ2n) is 4.89. The zero-order valence-corrected chi connectivity index (χ0v) is 14.9. The topological polar surface area (TPSA) is 49.4 Å². The summed E-state index contributed by atoms with van der Waals surface area (Å²) in [6.07, 6.45) is 0. The predicted octanol–water partition coefficient (Wildman–Crippen LogP) is 3.13. The van der Waals surface area contributed by atoms with Crippen molar-refractivity contribution in [2.45, 2.75) is 30.8 Å². The van der Waals surface area contributed by atoms with E-state index in [4.69, 9.17) is 23.2 Å². The number of nitrogens with zero attached hydrogens (tertiary/aromatic N) is 1. The maximum Gasteiger partial charge on any atom is 0.246 e. The normalized spacial score (nSPS) is 24.9. The molecule has 1 fully saturated rings. The molecule has 0 aliphatic carbocycles. The van der Waals surface area contributed by atoms with E-state index in [9.17, 15) is 8.42 Å². The van der Waals surface area contributed by atoms with Gasteiger partial charge in [-0.3, -0.25) is 0 Å². The van der Waals surface area contributed by atoms with Crippen LogP contribution in [0.4, 0.5) is 0 Å². The van der Waals surface area contributed by atoms with E-state index in [1.54, 1.807) is 0 Å². The van der Waals surface area contributed by atoms with Crippen LogP contribution in [0.5, 0.6) is 0 Å². The van der Waals surface area contributed by atoms with Crippen LogP contribution in [0.3, 0.4) is 0 Å². The molecule has 0 spiro atoms. The van der Waals surface area contributed by atoms with Crippen LogP contribution in [0.2, 0.25) is 10.0 Å². The van der Waals surface area contributed by atoms with E-state index < -0.39 is 10.0 Å². The van der Waals surface area contributed by atoms with Gasteiger partial charge in [0.2, 0.25) is 10.0 Å². The molecule has 8 heteroatoms. The molecule has 112 valence electrons. The summed E-state index contributed by atoms with van der Waals surface area (Å²) in [4.78, 5) is -0.0235. The lowest BCUT2D eigenvalue weighted by Crippen LogP contribution is -2.57. The molecule has 1 aromatic rings. The minimum Gasteiger partial charge on any atom is -0.314 e. The van der Waals surface area contributed by atoms with E-state index in [0.29, 0.717) is 17.6 Å². The second-order valence-corrected chi connectivity index (χ2v) is 8.40. The number of benzene rings is 1. The van der Waals surface area contributed by atoms with Crippen LogP contribution in [-0.4, -0.2) is 37.9 Å². The first kappa shape index (κ1) is 16.5. The Hall–Kier alpha value is 0.150. The van der Waals surface area contributed by atoms with Crippen molar-refractivity contribution < 1.29 is 8.42 Å². The summed E-state index contributed by atoms with van der Waals surface area (Å²) in [7, 11) is -3.73. The van der Waals surface area contributed by atoms with Gasteiger partial charge in [-0.2, -0.15) is 4.31 Å². The fraction of sp³-hybridized carbons (Fsp3) is 0.500. The van der Waals surface area contributed by atoms with Crippen molar-refractivity contribution in [1.29, 1.82) is 0 Å². The number of hydrogen-bond donors (Lipinski definition) is 1. The Morgan fingerprint density at radius 2 is 1.65 bits per heavy atom. The summed E-state index contributed by atoms with van der Waals surface area (Å²) >= 11 is 15.4. The summed E-state index contributed by atoms with van der Waals surface area (Å²) in [5, 5.41) is 3.45. The molecule has 1 N–H and O–H groups in total. The highest BCUT2D eigenvalue weighted by molar-refractivity contribution is 9.10. The molecule has 1 heterocycles. The number of sulfonamides is 1. The molecule has 1 aromatic carbocycles. The van der Waals surface area contributed by atoms with Crippen molar-refractivity contribution in [3.05, 3.63) is 26.7 Å². The zero-order valence-electron chi connectivity index (χ0n) is 11.0. The van der Waals surface area contributed by atoms with Gasteiger partial charge in [-0.05, 0) is 26.0 Å². The SMILES string of the molecule is CC1CNCC(C)N1S(=O)(=O)c1c(Cl)cc(Br)cc1Cl. The van der Waals surface area contributed by atoms with Crippen LogP contribution in [0, 0.1) is 0 Å².